The molecule has 3 rings (SSSR count). The summed E-state index contributed by atoms with van der Waals surface area (Å²) in [6.45, 7) is 2.28. The van der Waals surface area contributed by atoms with Crippen LogP contribution in [0.4, 0.5) is 0 Å². The first kappa shape index (κ1) is 17.5. The second-order valence-corrected chi connectivity index (χ2v) is 7.31. The molecule has 1 amide bonds. The fraction of sp³-hybridized carbons (Fsp3) is 0.312. The van der Waals surface area contributed by atoms with E-state index in [1.165, 1.54) is 0 Å². The van der Waals surface area contributed by atoms with Crippen molar-refractivity contribution < 1.29 is 4.79 Å². The minimum atomic E-state index is 0. The van der Waals surface area contributed by atoms with E-state index in [1.807, 2.05) is 29.2 Å². The molecule has 0 aliphatic carbocycles. The van der Waals surface area contributed by atoms with E-state index in [0.717, 1.165) is 39.3 Å². The summed E-state index contributed by atoms with van der Waals surface area (Å²) in [5.41, 5.74) is 6.83. The summed E-state index contributed by atoms with van der Waals surface area (Å²) in [5.74, 6) is 0.596. The lowest BCUT2D eigenvalue weighted by Crippen LogP contribution is -2.29. The Labute approximate surface area is 149 Å². The van der Waals surface area contributed by atoms with Crippen molar-refractivity contribution in [2.45, 2.75) is 6.42 Å². The molecule has 0 radical (unpaired) electrons. The zero-order chi connectivity index (χ0) is 14.8. The van der Waals surface area contributed by atoms with Crippen LogP contribution >= 0.6 is 39.7 Å². The highest BCUT2D eigenvalue weighted by Crippen LogP contribution is 2.30. The quantitative estimate of drug-likeness (QED) is 0.844. The standard InChI is InChI=1S/C16H17BrN2OS.ClH/c17-13-3-1-12(2-4-13)14-5-6-15(21-14)16(20)19-8-7-11(9-18)10-19;/h1-6,11H,7-10,18H2;1H. The average Bonchev–Trinajstić information content (AvgIpc) is 3.16. The van der Waals surface area contributed by atoms with Gasteiger partial charge in [0, 0.05) is 22.4 Å². The fourth-order valence-corrected chi connectivity index (χ4v) is 3.83. The maximum atomic E-state index is 12.5. The number of nitrogens with two attached hydrogens (primary N) is 1. The Morgan fingerprint density at radius 1 is 1.27 bits per heavy atom. The van der Waals surface area contributed by atoms with E-state index in [0.29, 0.717) is 12.5 Å². The first-order chi connectivity index (χ1) is 10.2. The summed E-state index contributed by atoms with van der Waals surface area (Å²) >= 11 is 4.99. The predicted molar refractivity (Wildman–Crippen MR) is 97.8 cm³/mol. The van der Waals surface area contributed by atoms with Crippen molar-refractivity contribution in [2.24, 2.45) is 11.7 Å². The molecule has 1 fully saturated rings. The lowest BCUT2D eigenvalue weighted by molar-refractivity contribution is 0.0792. The smallest absolute Gasteiger partial charge is 0.263 e. The highest BCUT2D eigenvalue weighted by molar-refractivity contribution is 9.10. The second kappa shape index (κ2) is 7.59. The number of likely N-dealkylation sites (tertiary alicyclic amines) is 1. The number of halogens is 2. The number of hydrogen-bond acceptors (Lipinski definition) is 3. The molecule has 1 aliphatic heterocycles. The van der Waals surface area contributed by atoms with E-state index in [9.17, 15) is 4.79 Å². The molecule has 1 saturated heterocycles. The summed E-state index contributed by atoms with van der Waals surface area (Å²) < 4.78 is 1.06. The molecule has 1 unspecified atom stereocenters. The van der Waals surface area contributed by atoms with Crippen molar-refractivity contribution >= 4 is 45.6 Å². The van der Waals surface area contributed by atoms with E-state index < -0.39 is 0 Å². The van der Waals surface area contributed by atoms with Gasteiger partial charge in [-0.1, -0.05) is 28.1 Å². The van der Waals surface area contributed by atoms with Crippen molar-refractivity contribution in [1.82, 2.24) is 4.90 Å². The average molecular weight is 402 g/mol. The van der Waals surface area contributed by atoms with Crippen LogP contribution < -0.4 is 5.73 Å². The van der Waals surface area contributed by atoms with Crippen LogP contribution in [0.5, 0.6) is 0 Å². The largest absolute Gasteiger partial charge is 0.338 e. The van der Waals surface area contributed by atoms with Crippen molar-refractivity contribution in [3.63, 3.8) is 0 Å². The van der Waals surface area contributed by atoms with E-state index in [2.05, 4.69) is 28.1 Å². The molecular weight excluding hydrogens is 384 g/mol. The topological polar surface area (TPSA) is 46.3 Å². The van der Waals surface area contributed by atoms with E-state index in [1.54, 1.807) is 11.3 Å². The monoisotopic (exact) mass is 400 g/mol. The molecule has 2 aromatic rings. The molecule has 1 aromatic heterocycles. The van der Waals surface area contributed by atoms with Crippen molar-refractivity contribution in [1.29, 1.82) is 0 Å². The van der Waals surface area contributed by atoms with Crippen LogP contribution in [0.1, 0.15) is 16.1 Å². The van der Waals surface area contributed by atoms with Crippen molar-refractivity contribution in [3.8, 4) is 10.4 Å². The van der Waals surface area contributed by atoms with Gasteiger partial charge in [0.15, 0.2) is 0 Å². The number of amides is 1. The Bertz CT molecular complexity index is 644. The van der Waals surface area contributed by atoms with Gasteiger partial charge in [-0.2, -0.15) is 0 Å². The Kier molecular flexibility index (Phi) is 6.03. The first-order valence-electron chi connectivity index (χ1n) is 7.02. The summed E-state index contributed by atoms with van der Waals surface area (Å²) in [5, 5.41) is 0. The van der Waals surface area contributed by atoms with Gasteiger partial charge in [0.2, 0.25) is 0 Å². The van der Waals surface area contributed by atoms with Gasteiger partial charge >= 0.3 is 0 Å². The Morgan fingerprint density at radius 3 is 2.64 bits per heavy atom. The minimum absolute atomic E-state index is 0. The maximum absolute atomic E-state index is 12.5. The zero-order valence-electron chi connectivity index (χ0n) is 12.0. The third-order valence-corrected chi connectivity index (χ3v) is 5.50. The zero-order valence-corrected chi connectivity index (χ0v) is 15.2. The van der Waals surface area contributed by atoms with Crippen LogP contribution in [-0.2, 0) is 0 Å². The van der Waals surface area contributed by atoms with Crippen LogP contribution in [-0.4, -0.2) is 30.4 Å². The number of nitrogens with zero attached hydrogens (tertiary/aromatic N) is 1. The Hall–Kier alpha value is -0.880. The van der Waals surface area contributed by atoms with Crippen LogP contribution in [0.25, 0.3) is 10.4 Å². The summed E-state index contributed by atoms with van der Waals surface area (Å²) in [6, 6.07) is 12.1. The third kappa shape index (κ3) is 3.71. The van der Waals surface area contributed by atoms with Gasteiger partial charge in [0.05, 0.1) is 4.88 Å². The van der Waals surface area contributed by atoms with Gasteiger partial charge in [-0.05, 0) is 48.7 Å². The van der Waals surface area contributed by atoms with Crippen molar-refractivity contribution in [3.05, 3.63) is 45.7 Å². The van der Waals surface area contributed by atoms with Crippen molar-refractivity contribution in [2.75, 3.05) is 19.6 Å². The Morgan fingerprint density at radius 2 is 2.00 bits per heavy atom. The molecule has 118 valence electrons. The van der Waals surface area contributed by atoms with Gasteiger partial charge in [-0.3, -0.25) is 4.79 Å². The Balaban J connectivity index is 0.00000176. The number of rotatable bonds is 3. The van der Waals surface area contributed by atoms with Gasteiger partial charge in [-0.25, -0.2) is 0 Å². The molecule has 22 heavy (non-hydrogen) atoms. The molecule has 0 spiro atoms. The first-order valence-corrected chi connectivity index (χ1v) is 8.63. The molecule has 1 aromatic carbocycles. The van der Waals surface area contributed by atoms with Gasteiger partial charge in [0.1, 0.15) is 0 Å². The van der Waals surface area contributed by atoms with Gasteiger partial charge in [-0.15, -0.1) is 23.7 Å². The van der Waals surface area contributed by atoms with E-state index in [-0.39, 0.29) is 18.3 Å². The highest BCUT2D eigenvalue weighted by atomic mass is 79.9. The van der Waals surface area contributed by atoms with Crippen LogP contribution in [0.3, 0.4) is 0 Å². The molecule has 1 aliphatic rings. The molecule has 3 nitrogen and oxygen atoms in total. The summed E-state index contributed by atoms with van der Waals surface area (Å²) in [4.78, 5) is 16.4. The van der Waals surface area contributed by atoms with Crippen LogP contribution in [0, 0.1) is 5.92 Å². The lowest BCUT2D eigenvalue weighted by Gasteiger charge is -2.14. The van der Waals surface area contributed by atoms with Gasteiger partial charge in [0.25, 0.3) is 5.91 Å². The number of carbonyl (C=O) groups excluding carboxylic acids is 1. The number of thiophene rings is 1. The van der Waals surface area contributed by atoms with Gasteiger partial charge < -0.3 is 10.6 Å². The molecule has 0 saturated carbocycles. The molecule has 2 heterocycles. The second-order valence-electron chi connectivity index (χ2n) is 5.31. The van der Waals surface area contributed by atoms with E-state index >= 15 is 0 Å². The lowest BCUT2D eigenvalue weighted by atomic mass is 10.1. The van der Waals surface area contributed by atoms with Crippen LogP contribution in [0.2, 0.25) is 0 Å². The summed E-state index contributed by atoms with van der Waals surface area (Å²) in [7, 11) is 0. The SMILES string of the molecule is Cl.NCC1CCN(C(=O)c2ccc(-c3ccc(Br)cc3)s2)C1. The molecule has 1 atom stereocenters. The molecular formula is C16H18BrClN2OS. The number of benzene rings is 1. The number of carbonyl (C=O) groups is 1. The molecule has 2 N–H and O–H groups in total. The maximum Gasteiger partial charge on any atom is 0.263 e. The highest BCUT2D eigenvalue weighted by Gasteiger charge is 2.26. The third-order valence-electron chi connectivity index (χ3n) is 3.85. The van der Waals surface area contributed by atoms with E-state index in [4.69, 9.17) is 5.73 Å². The number of hydrogen-bond donors (Lipinski definition) is 1. The fourth-order valence-electron chi connectivity index (χ4n) is 2.59. The van der Waals surface area contributed by atoms with Crippen LogP contribution in [0.15, 0.2) is 40.9 Å². The predicted octanol–water partition coefficient (Wildman–Crippen LogP) is 4.02. The molecule has 6 heteroatoms. The molecule has 0 bridgehead atoms. The normalized spacial score (nSPS) is 17.4. The summed E-state index contributed by atoms with van der Waals surface area (Å²) in [6.07, 6.45) is 1.02. The minimum Gasteiger partial charge on any atom is -0.338 e.